The van der Waals surface area contributed by atoms with Crippen LogP contribution >= 0.6 is 0 Å². The zero-order valence-corrected chi connectivity index (χ0v) is 15.4. The molecule has 0 radical (unpaired) electrons. The summed E-state index contributed by atoms with van der Waals surface area (Å²) in [6, 6.07) is 2.17. The minimum absolute atomic E-state index is 0.0401. The van der Waals surface area contributed by atoms with Gasteiger partial charge >= 0.3 is 0 Å². The van der Waals surface area contributed by atoms with Gasteiger partial charge in [-0.05, 0) is 39.9 Å². The fourth-order valence-corrected chi connectivity index (χ4v) is 3.27. The normalized spacial score (nSPS) is 18.0. The molecule has 0 saturated carbocycles. The summed E-state index contributed by atoms with van der Waals surface area (Å²) in [5, 5.41) is 4.69. The van der Waals surface area contributed by atoms with E-state index in [-0.39, 0.29) is 11.8 Å². The van der Waals surface area contributed by atoms with Crippen LogP contribution in [0.25, 0.3) is 0 Å². The first-order valence-electron chi connectivity index (χ1n) is 8.69. The molecule has 7 nitrogen and oxygen atoms in total. The first-order valence-corrected chi connectivity index (χ1v) is 8.69. The molecule has 1 aliphatic rings. The van der Waals surface area contributed by atoms with Gasteiger partial charge < -0.3 is 9.80 Å². The van der Waals surface area contributed by atoms with Crippen molar-refractivity contribution in [1.29, 1.82) is 0 Å². The van der Waals surface area contributed by atoms with E-state index < -0.39 is 0 Å². The highest BCUT2D eigenvalue weighted by atomic mass is 16.2. The van der Waals surface area contributed by atoms with Gasteiger partial charge in [0.15, 0.2) is 0 Å². The average Bonchev–Trinajstić information content (AvgIpc) is 2.95. The molecule has 1 fully saturated rings. The third kappa shape index (κ3) is 4.04. The SMILES string of the molecule is Cc1cnc(C(=O)N2CCC[C@@H](c3cc(CN(C)C)n(C)n3)C2)cn1. The molecular weight excluding hydrogens is 316 g/mol. The molecule has 7 heteroatoms. The van der Waals surface area contributed by atoms with Gasteiger partial charge in [0.05, 0.1) is 23.3 Å². The summed E-state index contributed by atoms with van der Waals surface area (Å²) in [6.07, 6.45) is 5.25. The van der Waals surface area contributed by atoms with Gasteiger partial charge in [0.2, 0.25) is 0 Å². The van der Waals surface area contributed by atoms with Crippen molar-refractivity contribution in [2.24, 2.45) is 7.05 Å². The van der Waals surface area contributed by atoms with Gasteiger partial charge in [-0.1, -0.05) is 0 Å². The minimum Gasteiger partial charge on any atom is -0.337 e. The van der Waals surface area contributed by atoms with Crippen molar-refractivity contribution in [2.75, 3.05) is 27.2 Å². The van der Waals surface area contributed by atoms with Crippen molar-refractivity contribution in [2.45, 2.75) is 32.2 Å². The van der Waals surface area contributed by atoms with Crippen molar-refractivity contribution in [3.8, 4) is 0 Å². The maximum atomic E-state index is 12.7. The minimum atomic E-state index is -0.0401. The maximum absolute atomic E-state index is 12.7. The summed E-state index contributed by atoms with van der Waals surface area (Å²) in [4.78, 5) is 25.1. The molecule has 1 amide bonds. The lowest BCUT2D eigenvalue weighted by molar-refractivity contribution is 0.0699. The van der Waals surface area contributed by atoms with Crippen molar-refractivity contribution in [1.82, 2.24) is 29.5 Å². The van der Waals surface area contributed by atoms with Crippen LogP contribution in [-0.4, -0.2) is 62.6 Å². The van der Waals surface area contributed by atoms with Gasteiger partial charge in [0.1, 0.15) is 5.69 Å². The molecule has 2 aromatic heterocycles. The Labute approximate surface area is 148 Å². The number of hydrogen-bond acceptors (Lipinski definition) is 5. The van der Waals surface area contributed by atoms with Gasteiger partial charge in [-0.2, -0.15) is 5.10 Å². The molecular formula is C18H26N6O. The number of nitrogens with zero attached hydrogens (tertiary/aromatic N) is 6. The number of rotatable bonds is 4. The topological polar surface area (TPSA) is 67.2 Å². The second-order valence-electron chi connectivity index (χ2n) is 7.06. The number of piperidine rings is 1. The second-order valence-corrected chi connectivity index (χ2v) is 7.06. The molecule has 1 saturated heterocycles. The van der Waals surface area contributed by atoms with Gasteiger partial charge in [-0.25, -0.2) is 4.98 Å². The van der Waals surface area contributed by atoms with E-state index >= 15 is 0 Å². The largest absolute Gasteiger partial charge is 0.337 e. The molecule has 1 aliphatic heterocycles. The van der Waals surface area contributed by atoms with Crippen LogP contribution in [0.5, 0.6) is 0 Å². The van der Waals surface area contributed by atoms with E-state index in [0.717, 1.165) is 37.3 Å². The first kappa shape index (κ1) is 17.5. The smallest absolute Gasteiger partial charge is 0.274 e. The molecule has 3 rings (SSSR count). The second kappa shape index (κ2) is 7.31. The standard InChI is InChI=1S/C18H26N6O/c1-13-9-20-17(10-19-13)18(25)24-7-5-6-14(11-24)16-8-15(12-22(2)3)23(4)21-16/h8-10,14H,5-7,11-12H2,1-4H3/t14-/m1/s1. The number of carbonyl (C=O) groups is 1. The van der Waals surface area contributed by atoms with Crippen LogP contribution in [0.3, 0.4) is 0 Å². The average molecular weight is 342 g/mol. The Morgan fingerprint density at radius 1 is 1.32 bits per heavy atom. The maximum Gasteiger partial charge on any atom is 0.274 e. The highest BCUT2D eigenvalue weighted by molar-refractivity contribution is 5.92. The van der Waals surface area contributed by atoms with E-state index in [1.807, 2.05) is 23.6 Å². The Kier molecular flexibility index (Phi) is 5.13. The molecule has 1 atom stereocenters. The van der Waals surface area contributed by atoms with Crippen LogP contribution < -0.4 is 0 Å². The Morgan fingerprint density at radius 2 is 2.12 bits per heavy atom. The summed E-state index contributed by atoms with van der Waals surface area (Å²) < 4.78 is 1.95. The van der Waals surface area contributed by atoms with Crippen LogP contribution in [-0.2, 0) is 13.6 Å². The van der Waals surface area contributed by atoms with Crippen molar-refractivity contribution in [3.05, 3.63) is 41.2 Å². The van der Waals surface area contributed by atoms with Gasteiger partial charge in [0, 0.05) is 38.8 Å². The molecule has 0 aromatic carbocycles. The predicted octanol–water partition coefficient (Wildman–Crippen LogP) is 1.60. The Morgan fingerprint density at radius 3 is 2.80 bits per heavy atom. The summed E-state index contributed by atoms with van der Waals surface area (Å²) in [5.41, 5.74) is 3.50. The Hall–Kier alpha value is -2.28. The van der Waals surface area contributed by atoms with E-state index in [1.54, 1.807) is 12.4 Å². The zero-order valence-electron chi connectivity index (χ0n) is 15.4. The molecule has 0 unspecified atom stereocenters. The van der Waals surface area contributed by atoms with E-state index in [4.69, 9.17) is 0 Å². The van der Waals surface area contributed by atoms with Crippen LogP contribution in [0, 0.1) is 6.92 Å². The monoisotopic (exact) mass is 342 g/mol. The fraction of sp³-hybridized carbons (Fsp3) is 0.556. The van der Waals surface area contributed by atoms with Crippen molar-refractivity contribution >= 4 is 5.91 Å². The lowest BCUT2D eigenvalue weighted by Crippen LogP contribution is -2.39. The number of likely N-dealkylation sites (tertiary alicyclic amines) is 1. The third-order valence-electron chi connectivity index (χ3n) is 4.60. The molecule has 0 aliphatic carbocycles. The van der Waals surface area contributed by atoms with Crippen LogP contribution in [0.4, 0.5) is 0 Å². The Bertz CT molecular complexity index is 737. The Balaban J connectivity index is 1.72. The van der Waals surface area contributed by atoms with Crippen molar-refractivity contribution in [3.63, 3.8) is 0 Å². The number of hydrogen-bond donors (Lipinski definition) is 0. The number of carbonyl (C=O) groups excluding carboxylic acids is 1. The molecule has 0 N–H and O–H groups in total. The zero-order chi connectivity index (χ0) is 18.0. The van der Waals surface area contributed by atoms with Gasteiger partial charge in [-0.15, -0.1) is 0 Å². The molecule has 0 bridgehead atoms. The summed E-state index contributed by atoms with van der Waals surface area (Å²) in [5.74, 6) is 0.236. The lowest BCUT2D eigenvalue weighted by Gasteiger charge is -2.31. The highest BCUT2D eigenvalue weighted by Crippen LogP contribution is 2.27. The predicted molar refractivity (Wildman–Crippen MR) is 95.2 cm³/mol. The van der Waals surface area contributed by atoms with E-state index in [0.29, 0.717) is 12.2 Å². The molecule has 3 heterocycles. The number of aryl methyl sites for hydroxylation is 2. The first-order chi connectivity index (χ1) is 11.9. The molecule has 134 valence electrons. The molecule has 25 heavy (non-hydrogen) atoms. The number of amides is 1. The van der Waals surface area contributed by atoms with Gasteiger partial charge in [-0.3, -0.25) is 14.5 Å². The van der Waals surface area contributed by atoms with E-state index in [1.165, 1.54) is 5.69 Å². The summed E-state index contributed by atoms with van der Waals surface area (Å²) in [7, 11) is 6.09. The quantitative estimate of drug-likeness (QED) is 0.844. The van der Waals surface area contributed by atoms with Crippen LogP contribution in [0.2, 0.25) is 0 Å². The van der Waals surface area contributed by atoms with E-state index in [9.17, 15) is 4.79 Å². The third-order valence-corrected chi connectivity index (χ3v) is 4.60. The highest BCUT2D eigenvalue weighted by Gasteiger charge is 2.28. The summed E-state index contributed by atoms with van der Waals surface area (Å²) in [6.45, 7) is 4.18. The van der Waals surface area contributed by atoms with Crippen LogP contribution in [0.15, 0.2) is 18.5 Å². The molecule has 2 aromatic rings. The van der Waals surface area contributed by atoms with Crippen LogP contribution in [0.1, 0.15) is 46.3 Å². The van der Waals surface area contributed by atoms with E-state index in [2.05, 4.69) is 40.1 Å². The summed E-state index contributed by atoms with van der Waals surface area (Å²) >= 11 is 0. The molecule has 0 spiro atoms. The fourth-order valence-electron chi connectivity index (χ4n) is 3.27. The number of aromatic nitrogens is 4. The van der Waals surface area contributed by atoms with Gasteiger partial charge in [0.25, 0.3) is 5.91 Å². The van der Waals surface area contributed by atoms with Crippen molar-refractivity contribution < 1.29 is 4.79 Å². The lowest BCUT2D eigenvalue weighted by atomic mass is 9.94.